The highest BCUT2D eigenvalue weighted by Crippen LogP contribution is 2.37. The Bertz CT molecular complexity index is 806. The fourth-order valence-electron chi connectivity index (χ4n) is 6.01. The van der Waals surface area contributed by atoms with Crippen LogP contribution in [0.4, 0.5) is 0 Å². The van der Waals surface area contributed by atoms with Gasteiger partial charge in [-0.25, -0.2) is 0 Å². The second kappa shape index (κ2) is 24.4. The van der Waals surface area contributed by atoms with E-state index in [9.17, 15) is 14.7 Å². The smallest absolute Gasteiger partial charge is 0.307 e. The highest BCUT2D eigenvalue weighted by molar-refractivity contribution is 5.85. The van der Waals surface area contributed by atoms with Crippen LogP contribution in [0.2, 0.25) is 0 Å². The quantitative estimate of drug-likeness (QED) is 0.100. The van der Waals surface area contributed by atoms with Gasteiger partial charge in [0.15, 0.2) is 0 Å². The van der Waals surface area contributed by atoms with Crippen LogP contribution in [0.15, 0.2) is 24.3 Å². The molecule has 2 N–H and O–H groups in total. The summed E-state index contributed by atoms with van der Waals surface area (Å²) in [4.78, 5) is 25.4. The maximum atomic E-state index is 13.0. The Labute approximate surface area is 259 Å². The Balaban J connectivity index is 2.30. The molecular formula is C37H65NO4. The number of rotatable bonds is 27. The molecule has 0 aromatic heterocycles. The number of ether oxygens (including phenoxy) is 1. The molecule has 1 aromatic rings. The molecule has 5 heteroatoms. The number of hydrogen-bond donors (Lipinski definition) is 2. The molecule has 0 heterocycles. The number of unbranched alkanes of at least 4 members (excludes halogenated alkanes) is 16. The lowest BCUT2D eigenvalue weighted by atomic mass is 9.72. The van der Waals surface area contributed by atoms with E-state index in [-0.39, 0.29) is 17.7 Å². The summed E-state index contributed by atoms with van der Waals surface area (Å²) >= 11 is 0. The summed E-state index contributed by atoms with van der Waals surface area (Å²) in [7, 11) is 0. The number of carbonyl (C=O) groups is 2. The first-order valence-corrected chi connectivity index (χ1v) is 17.6. The molecule has 0 saturated heterocycles. The van der Waals surface area contributed by atoms with Crippen molar-refractivity contribution in [1.82, 2.24) is 5.32 Å². The van der Waals surface area contributed by atoms with Gasteiger partial charge in [0.2, 0.25) is 5.91 Å². The van der Waals surface area contributed by atoms with E-state index < -0.39 is 17.8 Å². The second-order valence-electron chi connectivity index (χ2n) is 12.8. The minimum atomic E-state index is -0.915. The highest BCUT2D eigenvalue weighted by atomic mass is 16.5. The average molecular weight is 588 g/mol. The first-order chi connectivity index (χ1) is 20.3. The molecule has 1 rings (SSSR count). The van der Waals surface area contributed by atoms with Crippen molar-refractivity contribution in [3.05, 3.63) is 29.8 Å². The van der Waals surface area contributed by atoms with E-state index in [1.807, 2.05) is 38.1 Å². The van der Waals surface area contributed by atoms with Gasteiger partial charge in [0.1, 0.15) is 5.75 Å². The van der Waals surface area contributed by atoms with Gasteiger partial charge in [0, 0.05) is 18.4 Å². The topological polar surface area (TPSA) is 75.6 Å². The van der Waals surface area contributed by atoms with Crippen LogP contribution < -0.4 is 10.1 Å². The Kier molecular flexibility index (Phi) is 22.1. The third-order valence-electron chi connectivity index (χ3n) is 8.70. The molecule has 1 amide bonds. The molecule has 0 aliphatic carbocycles. The molecule has 0 aliphatic heterocycles. The lowest BCUT2D eigenvalue weighted by molar-refractivity contribution is -0.148. The van der Waals surface area contributed by atoms with Gasteiger partial charge in [0.05, 0.1) is 12.5 Å². The maximum absolute atomic E-state index is 13.0. The van der Waals surface area contributed by atoms with Crippen LogP contribution in [0, 0.1) is 17.8 Å². The van der Waals surface area contributed by atoms with Crippen LogP contribution in [-0.2, 0) is 9.59 Å². The largest absolute Gasteiger partial charge is 0.494 e. The zero-order valence-corrected chi connectivity index (χ0v) is 27.9. The molecule has 0 saturated carbocycles. The fraction of sp³-hybridized carbons (Fsp3) is 0.784. The van der Waals surface area contributed by atoms with E-state index in [1.54, 1.807) is 6.92 Å². The van der Waals surface area contributed by atoms with E-state index in [0.717, 1.165) is 37.0 Å². The van der Waals surface area contributed by atoms with Gasteiger partial charge >= 0.3 is 5.97 Å². The van der Waals surface area contributed by atoms with E-state index in [4.69, 9.17) is 4.74 Å². The number of nitrogens with one attached hydrogen (secondary N) is 1. The van der Waals surface area contributed by atoms with Gasteiger partial charge in [-0.15, -0.1) is 0 Å². The molecule has 0 spiro atoms. The second-order valence-corrected chi connectivity index (χ2v) is 12.8. The summed E-state index contributed by atoms with van der Waals surface area (Å²) in [6.45, 7) is 11.5. The van der Waals surface area contributed by atoms with Crippen molar-refractivity contribution in [2.45, 2.75) is 156 Å². The molecule has 3 atom stereocenters. The summed E-state index contributed by atoms with van der Waals surface area (Å²) < 4.78 is 5.78. The SMILES string of the molecule is CCCCCCCCCCCCCCCCCCNC(=O)C(C)C(C(=O)O)C(c1ccc(OCCCC)cc1)C(C)C. The number of aliphatic carboxylic acids is 1. The number of carboxylic acids is 1. The lowest BCUT2D eigenvalue weighted by Crippen LogP contribution is -2.40. The Morgan fingerprint density at radius 2 is 1.14 bits per heavy atom. The zero-order valence-electron chi connectivity index (χ0n) is 27.9. The van der Waals surface area contributed by atoms with Crippen molar-refractivity contribution in [2.75, 3.05) is 13.2 Å². The van der Waals surface area contributed by atoms with E-state index in [0.29, 0.717) is 13.2 Å². The predicted molar refractivity (Wildman–Crippen MR) is 177 cm³/mol. The molecule has 1 aromatic carbocycles. The fourth-order valence-corrected chi connectivity index (χ4v) is 6.01. The van der Waals surface area contributed by atoms with Crippen LogP contribution in [-0.4, -0.2) is 30.1 Å². The van der Waals surface area contributed by atoms with Crippen molar-refractivity contribution in [2.24, 2.45) is 17.8 Å². The van der Waals surface area contributed by atoms with E-state index in [2.05, 4.69) is 19.2 Å². The number of hydrogen-bond acceptors (Lipinski definition) is 3. The molecule has 0 bridgehead atoms. The van der Waals surface area contributed by atoms with Crippen LogP contribution in [0.3, 0.4) is 0 Å². The minimum absolute atomic E-state index is 0.0773. The first kappa shape index (κ1) is 38.0. The zero-order chi connectivity index (χ0) is 31.0. The minimum Gasteiger partial charge on any atom is -0.494 e. The van der Waals surface area contributed by atoms with Gasteiger partial charge in [-0.3, -0.25) is 9.59 Å². The summed E-state index contributed by atoms with van der Waals surface area (Å²) in [6, 6.07) is 7.76. The Hall–Kier alpha value is -2.04. The number of carboxylic acid groups (broad SMARTS) is 1. The van der Waals surface area contributed by atoms with Crippen LogP contribution >= 0.6 is 0 Å². The summed E-state index contributed by atoms with van der Waals surface area (Å²) in [5, 5.41) is 13.2. The lowest BCUT2D eigenvalue weighted by Gasteiger charge is -2.31. The predicted octanol–water partition coefficient (Wildman–Crippen LogP) is 10.3. The van der Waals surface area contributed by atoms with Crippen molar-refractivity contribution in [3.63, 3.8) is 0 Å². The van der Waals surface area contributed by atoms with Crippen molar-refractivity contribution in [1.29, 1.82) is 0 Å². The monoisotopic (exact) mass is 587 g/mol. The van der Waals surface area contributed by atoms with Crippen LogP contribution in [0.1, 0.15) is 162 Å². The van der Waals surface area contributed by atoms with E-state index >= 15 is 0 Å². The van der Waals surface area contributed by atoms with Gasteiger partial charge in [-0.2, -0.15) is 0 Å². The molecule has 0 aliphatic rings. The molecule has 0 fully saturated rings. The molecule has 242 valence electrons. The number of amides is 1. The van der Waals surface area contributed by atoms with Gasteiger partial charge in [-0.05, 0) is 36.5 Å². The van der Waals surface area contributed by atoms with Crippen LogP contribution in [0.25, 0.3) is 0 Å². The number of benzene rings is 1. The van der Waals surface area contributed by atoms with Crippen molar-refractivity contribution in [3.8, 4) is 5.75 Å². The van der Waals surface area contributed by atoms with Crippen molar-refractivity contribution >= 4 is 11.9 Å². The van der Waals surface area contributed by atoms with Crippen molar-refractivity contribution < 1.29 is 19.4 Å². The summed E-state index contributed by atoms with van der Waals surface area (Å²) in [5.41, 5.74) is 0.942. The Morgan fingerprint density at radius 3 is 1.57 bits per heavy atom. The normalized spacial score (nSPS) is 13.6. The number of carbonyl (C=O) groups excluding carboxylic acids is 1. The van der Waals surface area contributed by atoms with E-state index in [1.165, 1.54) is 89.9 Å². The first-order valence-electron chi connectivity index (χ1n) is 17.6. The molecule has 3 unspecified atom stereocenters. The summed E-state index contributed by atoms with van der Waals surface area (Å²) in [5.74, 6) is -1.86. The van der Waals surface area contributed by atoms with Gasteiger partial charge in [-0.1, -0.05) is 149 Å². The third-order valence-corrected chi connectivity index (χ3v) is 8.70. The summed E-state index contributed by atoms with van der Waals surface area (Å²) in [6.07, 6.45) is 23.2. The molecule has 42 heavy (non-hydrogen) atoms. The average Bonchev–Trinajstić information content (AvgIpc) is 2.97. The highest BCUT2D eigenvalue weighted by Gasteiger charge is 2.39. The molecule has 0 radical (unpaired) electrons. The van der Waals surface area contributed by atoms with Crippen LogP contribution in [0.5, 0.6) is 5.75 Å². The molecule has 5 nitrogen and oxygen atoms in total. The standard InChI is InChI=1S/C37H65NO4/c1-6-8-10-11-12-13-14-15-16-17-18-19-20-21-22-23-28-38-36(39)31(5)35(37(40)41)34(30(3)4)32-24-26-33(27-25-32)42-29-9-7-2/h24-27,30-31,34-35H,6-23,28-29H2,1-5H3,(H,38,39)(H,40,41). The van der Waals surface area contributed by atoms with Gasteiger partial charge in [0.25, 0.3) is 0 Å². The van der Waals surface area contributed by atoms with Gasteiger partial charge < -0.3 is 15.2 Å². The molecular weight excluding hydrogens is 522 g/mol. The third kappa shape index (κ3) is 16.6. The maximum Gasteiger partial charge on any atom is 0.307 e. The Morgan fingerprint density at radius 1 is 0.690 bits per heavy atom.